The number of hydrogen-bond donors (Lipinski definition) is 3. The van der Waals surface area contributed by atoms with Gasteiger partial charge in [-0.1, -0.05) is 11.6 Å². The van der Waals surface area contributed by atoms with E-state index in [-0.39, 0.29) is 11.9 Å². The summed E-state index contributed by atoms with van der Waals surface area (Å²) in [5, 5.41) is 23.3. The first kappa shape index (κ1) is 14.6. The van der Waals surface area contributed by atoms with Gasteiger partial charge in [0.2, 0.25) is 0 Å². The van der Waals surface area contributed by atoms with E-state index in [0.717, 1.165) is 18.7 Å². The topological polar surface area (TPSA) is 55.7 Å². The van der Waals surface area contributed by atoms with Crippen LogP contribution >= 0.6 is 11.6 Å². The van der Waals surface area contributed by atoms with Crippen LogP contribution < -0.4 is 5.32 Å². The highest BCUT2D eigenvalue weighted by molar-refractivity contribution is 6.30. The van der Waals surface area contributed by atoms with Gasteiger partial charge in [0.1, 0.15) is 5.75 Å². The Hall–Kier alpha value is -0.810. The van der Waals surface area contributed by atoms with Crippen LogP contribution in [0.4, 0.5) is 0 Å². The number of likely N-dealkylation sites (tertiary alicyclic amines) is 1. The van der Waals surface area contributed by atoms with Gasteiger partial charge in [0, 0.05) is 30.2 Å². The molecule has 19 heavy (non-hydrogen) atoms. The summed E-state index contributed by atoms with van der Waals surface area (Å²) in [5.41, 5.74) is 0.751. The fourth-order valence-electron chi connectivity index (χ4n) is 2.40. The maximum Gasteiger partial charge on any atom is 0.120 e. The molecule has 1 fully saturated rings. The molecule has 1 aliphatic heterocycles. The molecule has 0 radical (unpaired) electrons. The van der Waals surface area contributed by atoms with Crippen LogP contribution in [0.1, 0.15) is 18.4 Å². The van der Waals surface area contributed by atoms with Crippen LogP contribution in [0.5, 0.6) is 5.75 Å². The lowest BCUT2D eigenvalue weighted by atomic mass is 10.2. The lowest BCUT2D eigenvalue weighted by Crippen LogP contribution is -2.36. The van der Waals surface area contributed by atoms with Gasteiger partial charge in [-0.25, -0.2) is 0 Å². The van der Waals surface area contributed by atoms with Crippen LogP contribution in [0.3, 0.4) is 0 Å². The number of phenols is 1. The Balaban J connectivity index is 1.71. The molecular formula is C14H21ClN2O2. The molecule has 1 saturated heterocycles. The molecule has 0 saturated carbocycles. The number of benzene rings is 1. The van der Waals surface area contributed by atoms with Crippen molar-refractivity contribution in [3.05, 3.63) is 28.8 Å². The fraction of sp³-hybridized carbons (Fsp3) is 0.571. The number of aliphatic hydroxyl groups excluding tert-OH is 1. The van der Waals surface area contributed by atoms with Crippen LogP contribution in [-0.4, -0.2) is 47.4 Å². The number of aliphatic hydroxyl groups is 1. The summed E-state index contributed by atoms with van der Waals surface area (Å²) in [7, 11) is 0. The molecule has 5 heteroatoms. The zero-order valence-corrected chi connectivity index (χ0v) is 11.7. The fourth-order valence-corrected chi connectivity index (χ4v) is 2.59. The predicted molar refractivity (Wildman–Crippen MR) is 76.5 cm³/mol. The number of phenolic OH excluding ortho intramolecular Hbond substituents is 1. The molecule has 0 aliphatic carbocycles. The van der Waals surface area contributed by atoms with Gasteiger partial charge in [0.05, 0.1) is 6.10 Å². The molecule has 1 aromatic carbocycles. The third-order valence-corrected chi connectivity index (χ3v) is 3.64. The van der Waals surface area contributed by atoms with E-state index in [1.165, 1.54) is 12.8 Å². The molecule has 1 aromatic rings. The van der Waals surface area contributed by atoms with Crippen molar-refractivity contribution in [1.29, 1.82) is 0 Å². The number of hydrogen-bond acceptors (Lipinski definition) is 4. The van der Waals surface area contributed by atoms with E-state index in [4.69, 9.17) is 11.6 Å². The highest BCUT2D eigenvalue weighted by Crippen LogP contribution is 2.21. The number of nitrogens with zero attached hydrogens (tertiary/aromatic N) is 1. The quantitative estimate of drug-likeness (QED) is 0.743. The molecule has 1 aliphatic rings. The summed E-state index contributed by atoms with van der Waals surface area (Å²) in [6.45, 7) is 3.92. The van der Waals surface area contributed by atoms with Crippen LogP contribution in [0.15, 0.2) is 18.2 Å². The second-order valence-electron chi connectivity index (χ2n) is 5.07. The van der Waals surface area contributed by atoms with Gasteiger partial charge in [0.15, 0.2) is 0 Å². The largest absolute Gasteiger partial charge is 0.508 e. The summed E-state index contributed by atoms with van der Waals surface area (Å²) in [5.74, 6) is 0.228. The average molecular weight is 285 g/mol. The molecule has 1 unspecified atom stereocenters. The normalized spacial score (nSPS) is 17.8. The van der Waals surface area contributed by atoms with E-state index in [0.29, 0.717) is 24.7 Å². The standard InChI is InChI=1S/C14H21ClN2O2/c15-12-3-4-14(19)11(7-12)8-16-9-13(18)10-17-5-1-2-6-17/h3-4,7,13,16,18-19H,1-2,5-6,8-10H2. The van der Waals surface area contributed by atoms with Crippen LogP contribution in [0.25, 0.3) is 0 Å². The molecule has 4 nitrogen and oxygen atoms in total. The Morgan fingerprint density at radius 2 is 2.05 bits per heavy atom. The number of β-amino-alcohol motifs (C(OH)–C–C–N with tert-alkyl or cyclic N) is 1. The van der Waals surface area contributed by atoms with Crippen LogP contribution in [0, 0.1) is 0 Å². The van der Waals surface area contributed by atoms with Gasteiger partial charge in [-0.3, -0.25) is 0 Å². The first-order chi connectivity index (χ1) is 9.15. The van der Waals surface area contributed by atoms with Crippen molar-refractivity contribution in [2.24, 2.45) is 0 Å². The number of rotatable bonds is 6. The summed E-state index contributed by atoms with van der Waals surface area (Å²) in [4.78, 5) is 2.28. The number of halogens is 1. The van der Waals surface area contributed by atoms with E-state index in [9.17, 15) is 10.2 Å². The monoisotopic (exact) mass is 284 g/mol. The third-order valence-electron chi connectivity index (χ3n) is 3.40. The highest BCUT2D eigenvalue weighted by atomic mass is 35.5. The maximum atomic E-state index is 9.92. The first-order valence-corrected chi connectivity index (χ1v) is 7.11. The Labute approximate surface area is 119 Å². The van der Waals surface area contributed by atoms with Gasteiger partial charge >= 0.3 is 0 Å². The van der Waals surface area contributed by atoms with Crippen molar-refractivity contribution in [3.8, 4) is 5.75 Å². The van der Waals surface area contributed by atoms with E-state index in [2.05, 4.69) is 10.2 Å². The van der Waals surface area contributed by atoms with Gasteiger partial charge in [-0.15, -0.1) is 0 Å². The van der Waals surface area contributed by atoms with Gasteiger partial charge in [-0.2, -0.15) is 0 Å². The lowest BCUT2D eigenvalue weighted by molar-refractivity contribution is 0.123. The molecule has 0 spiro atoms. The Bertz CT molecular complexity index is 408. The summed E-state index contributed by atoms with van der Waals surface area (Å²) < 4.78 is 0. The molecule has 0 aromatic heterocycles. The number of aromatic hydroxyl groups is 1. The molecule has 0 bridgehead atoms. The van der Waals surface area contributed by atoms with Crippen molar-refractivity contribution >= 4 is 11.6 Å². The maximum absolute atomic E-state index is 9.92. The molecule has 1 heterocycles. The molecule has 106 valence electrons. The molecule has 2 rings (SSSR count). The minimum absolute atomic E-state index is 0.228. The molecule has 1 atom stereocenters. The predicted octanol–water partition coefficient (Wildman–Crippen LogP) is 1.59. The van der Waals surface area contributed by atoms with Crippen molar-refractivity contribution < 1.29 is 10.2 Å². The van der Waals surface area contributed by atoms with E-state index >= 15 is 0 Å². The van der Waals surface area contributed by atoms with Crippen molar-refractivity contribution in [2.45, 2.75) is 25.5 Å². The second-order valence-corrected chi connectivity index (χ2v) is 5.50. The number of nitrogens with one attached hydrogen (secondary N) is 1. The lowest BCUT2D eigenvalue weighted by Gasteiger charge is -2.19. The summed E-state index contributed by atoms with van der Waals surface area (Å²) >= 11 is 5.88. The molecule has 0 amide bonds. The van der Waals surface area contributed by atoms with Gasteiger partial charge in [-0.05, 0) is 44.1 Å². The van der Waals surface area contributed by atoms with Crippen LogP contribution in [0.2, 0.25) is 5.02 Å². The SMILES string of the molecule is Oc1ccc(Cl)cc1CNCC(O)CN1CCCC1. The Morgan fingerprint density at radius 1 is 1.32 bits per heavy atom. The zero-order chi connectivity index (χ0) is 13.7. The minimum Gasteiger partial charge on any atom is -0.508 e. The zero-order valence-electron chi connectivity index (χ0n) is 11.0. The van der Waals surface area contributed by atoms with E-state index < -0.39 is 0 Å². The Morgan fingerprint density at radius 3 is 2.79 bits per heavy atom. The van der Waals surface area contributed by atoms with E-state index in [1.54, 1.807) is 18.2 Å². The minimum atomic E-state index is -0.376. The third kappa shape index (κ3) is 4.66. The Kier molecular flexibility index (Phi) is 5.45. The van der Waals surface area contributed by atoms with Crippen molar-refractivity contribution in [2.75, 3.05) is 26.2 Å². The smallest absolute Gasteiger partial charge is 0.120 e. The first-order valence-electron chi connectivity index (χ1n) is 6.73. The van der Waals surface area contributed by atoms with Crippen molar-refractivity contribution in [1.82, 2.24) is 10.2 Å². The molecular weight excluding hydrogens is 264 g/mol. The van der Waals surface area contributed by atoms with Crippen molar-refractivity contribution in [3.63, 3.8) is 0 Å². The van der Waals surface area contributed by atoms with Gasteiger partial charge in [0.25, 0.3) is 0 Å². The average Bonchev–Trinajstić information content (AvgIpc) is 2.86. The molecule has 3 N–H and O–H groups in total. The van der Waals surface area contributed by atoms with E-state index in [1.807, 2.05) is 0 Å². The van der Waals surface area contributed by atoms with Crippen LogP contribution in [-0.2, 0) is 6.54 Å². The highest BCUT2D eigenvalue weighted by Gasteiger charge is 2.15. The second kappa shape index (κ2) is 7.10. The van der Waals surface area contributed by atoms with Gasteiger partial charge < -0.3 is 20.4 Å². The summed E-state index contributed by atoms with van der Waals surface area (Å²) in [6, 6.07) is 4.97. The summed E-state index contributed by atoms with van der Waals surface area (Å²) in [6.07, 6.45) is 2.09.